The van der Waals surface area contributed by atoms with Crippen molar-refractivity contribution in [2.75, 3.05) is 32.8 Å². The van der Waals surface area contributed by atoms with E-state index in [1.807, 2.05) is 0 Å². The lowest BCUT2D eigenvalue weighted by Crippen LogP contribution is -2.26. The summed E-state index contributed by atoms with van der Waals surface area (Å²) >= 11 is 1.79. The van der Waals surface area contributed by atoms with E-state index in [-0.39, 0.29) is 6.10 Å². The third-order valence-corrected chi connectivity index (χ3v) is 5.15. The van der Waals surface area contributed by atoms with E-state index in [9.17, 15) is 5.11 Å². The van der Waals surface area contributed by atoms with Crippen LogP contribution in [-0.2, 0) is 11.2 Å². The molecule has 1 saturated heterocycles. The molecule has 0 radical (unpaired) electrons. The summed E-state index contributed by atoms with van der Waals surface area (Å²) in [5.41, 5.74) is 1.34. The Morgan fingerprint density at radius 1 is 1.29 bits per heavy atom. The molecule has 0 unspecified atom stereocenters. The van der Waals surface area contributed by atoms with E-state index in [1.54, 1.807) is 11.3 Å². The van der Waals surface area contributed by atoms with Gasteiger partial charge in [0.25, 0.3) is 0 Å². The summed E-state index contributed by atoms with van der Waals surface area (Å²) < 4.78 is 7.09. The lowest BCUT2D eigenvalue weighted by molar-refractivity contribution is 0.106. The number of likely N-dealkylation sites (tertiary alicyclic amines) is 1. The summed E-state index contributed by atoms with van der Waals surface area (Å²) in [5, 5.41) is 13.2. The molecule has 1 aromatic carbocycles. The fourth-order valence-corrected chi connectivity index (χ4v) is 3.66. The Hall–Kier alpha value is -0.940. The monoisotopic (exact) mass is 305 g/mol. The van der Waals surface area contributed by atoms with Crippen LogP contribution in [0.2, 0.25) is 0 Å². The van der Waals surface area contributed by atoms with E-state index < -0.39 is 0 Å². The van der Waals surface area contributed by atoms with Crippen LogP contribution >= 0.6 is 11.3 Å². The Labute approximate surface area is 130 Å². The fraction of sp³-hybridized carbons (Fsp3) is 0.529. The van der Waals surface area contributed by atoms with Crippen molar-refractivity contribution in [1.29, 1.82) is 0 Å². The molecule has 0 bridgehead atoms. The lowest BCUT2D eigenvalue weighted by atomic mass is 10.1. The molecule has 1 N–H and O–H groups in total. The third-order valence-electron chi connectivity index (χ3n) is 4.25. The van der Waals surface area contributed by atoms with Crippen molar-refractivity contribution in [3.8, 4) is 0 Å². The summed E-state index contributed by atoms with van der Waals surface area (Å²) in [6.45, 7) is 6.32. The Balaban J connectivity index is 1.36. The molecular formula is C17H23NO2S. The van der Waals surface area contributed by atoms with Gasteiger partial charge in [0.15, 0.2) is 0 Å². The van der Waals surface area contributed by atoms with E-state index >= 15 is 0 Å². The van der Waals surface area contributed by atoms with Crippen molar-refractivity contribution in [2.45, 2.75) is 19.4 Å². The molecule has 114 valence electrons. The van der Waals surface area contributed by atoms with Crippen molar-refractivity contribution in [3.63, 3.8) is 0 Å². The Morgan fingerprint density at radius 2 is 2.19 bits per heavy atom. The van der Waals surface area contributed by atoms with Crippen LogP contribution in [0.1, 0.15) is 12.5 Å². The van der Waals surface area contributed by atoms with Gasteiger partial charge in [0.05, 0.1) is 19.3 Å². The maximum absolute atomic E-state index is 9.71. The normalized spacial score (nSPS) is 23.1. The van der Waals surface area contributed by atoms with E-state index in [0.717, 1.165) is 39.3 Å². The van der Waals surface area contributed by atoms with E-state index in [1.165, 1.54) is 15.6 Å². The van der Waals surface area contributed by atoms with Gasteiger partial charge in [-0.15, -0.1) is 11.3 Å². The average molecular weight is 305 g/mol. The number of rotatable bonds is 6. The van der Waals surface area contributed by atoms with Gasteiger partial charge in [0, 0.05) is 24.3 Å². The molecule has 3 nitrogen and oxygen atoms in total. The van der Waals surface area contributed by atoms with Crippen LogP contribution in [0.4, 0.5) is 0 Å². The van der Waals surface area contributed by atoms with Gasteiger partial charge in [-0.2, -0.15) is 0 Å². The number of nitrogens with zero attached hydrogens (tertiary/aromatic N) is 1. The minimum Gasteiger partial charge on any atom is -0.391 e. The number of aliphatic hydroxyl groups excluding tert-OH is 1. The van der Waals surface area contributed by atoms with Crippen molar-refractivity contribution < 1.29 is 9.84 Å². The summed E-state index contributed by atoms with van der Waals surface area (Å²) in [7, 11) is 0. The molecule has 2 heterocycles. The fourth-order valence-electron chi connectivity index (χ4n) is 2.89. The number of fused-ring (bicyclic) bond motifs is 1. The summed E-state index contributed by atoms with van der Waals surface area (Å²) in [4.78, 5) is 2.28. The first-order valence-corrected chi connectivity index (χ1v) is 8.54. The molecule has 1 aliphatic heterocycles. The molecule has 2 aromatic rings. The number of β-amino-alcohol motifs (C(OH)–C–C–N with tert-alkyl or cyclic N) is 1. The van der Waals surface area contributed by atoms with Crippen molar-refractivity contribution >= 4 is 21.4 Å². The molecule has 4 heteroatoms. The van der Waals surface area contributed by atoms with E-state index in [4.69, 9.17) is 4.74 Å². The highest BCUT2D eigenvalue weighted by Gasteiger charge is 2.26. The molecule has 1 fully saturated rings. The predicted molar refractivity (Wildman–Crippen MR) is 88.0 cm³/mol. The second-order valence-electron chi connectivity index (χ2n) is 5.96. The zero-order valence-electron chi connectivity index (χ0n) is 12.5. The van der Waals surface area contributed by atoms with Gasteiger partial charge in [-0.1, -0.05) is 19.1 Å². The first-order chi connectivity index (χ1) is 10.2. The smallest absolute Gasteiger partial charge is 0.0704 e. The summed E-state index contributed by atoms with van der Waals surface area (Å²) in [6, 6.07) is 8.82. The predicted octanol–water partition coefficient (Wildman–Crippen LogP) is 2.77. The van der Waals surface area contributed by atoms with Crippen LogP contribution in [0.3, 0.4) is 0 Å². The van der Waals surface area contributed by atoms with Crippen LogP contribution in [0.25, 0.3) is 10.1 Å². The Bertz CT molecular complexity index is 573. The van der Waals surface area contributed by atoms with Crippen LogP contribution in [0.5, 0.6) is 0 Å². The average Bonchev–Trinajstić information content (AvgIpc) is 3.05. The summed E-state index contributed by atoms with van der Waals surface area (Å²) in [5.74, 6) is 0.391. The van der Waals surface area contributed by atoms with Gasteiger partial charge < -0.3 is 9.84 Å². The first kappa shape index (κ1) is 15.0. The van der Waals surface area contributed by atoms with Crippen LogP contribution in [0, 0.1) is 5.92 Å². The lowest BCUT2D eigenvalue weighted by Gasteiger charge is -2.14. The van der Waals surface area contributed by atoms with Crippen molar-refractivity contribution in [2.24, 2.45) is 5.92 Å². The van der Waals surface area contributed by atoms with Gasteiger partial charge >= 0.3 is 0 Å². The van der Waals surface area contributed by atoms with Crippen LogP contribution in [-0.4, -0.2) is 49.0 Å². The zero-order valence-corrected chi connectivity index (χ0v) is 13.3. The molecule has 0 saturated carbocycles. The van der Waals surface area contributed by atoms with Crippen molar-refractivity contribution in [3.05, 3.63) is 35.2 Å². The van der Waals surface area contributed by atoms with Gasteiger partial charge in [-0.3, -0.25) is 4.90 Å². The maximum atomic E-state index is 9.71. The number of ether oxygens (including phenoxy) is 1. The molecule has 1 aromatic heterocycles. The van der Waals surface area contributed by atoms with Gasteiger partial charge in [0.1, 0.15) is 0 Å². The second kappa shape index (κ2) is 6.88. The van der Waals surface area contributed by atoms with Crippen molar-refractivity contribution in [1.82, 2.24) is 4.90 Å². The quantitative estimate of drug-likeness (QED) is 0.833. The maximum Gasteiger partial charge on any atom is 0.0704 e. The second-order valence-corrected chi connectivity index (χ2v) is 6.91. The SMILES string of the molecule is C[C@@H]1CN(CCOCCc2ccc3sccc3c2)C[C@H]1O. The highest BCUT2D eigenvalue weighted by molar-refractivity contribution is 7.17. The Kier molecular flexibility index (Phi) is 4.91. The number of benzene rings is 1. The van der Waals surface area contributed by atoms with Gasteiger partial charge in [-0.25, -0.2) is 0 Å². The molecule has 0 spiro atoms. The zero-order chi connectivity index (χ0) is 14.7. The topological polar surface area (TPSA) is 32.7 Å². The number of aliphatic hydroxyl groups is 1. The highest BCUT2D eigenvalue weighted by atomic mass is 32.1. The largest absolute Gasteiger partial charge is 0.391 e. The molecule has 2 atom stereocenters. The molecule has 3 rings (SSSR count). The number of hydrogen-bond acceptors (Lipinski definition) is 4. The molecule has 0 aliphatic carbocycles. The standard InChI is InChI=1S/C17H23NO2S/c1-13-11-18(12-16(13)19)6-8-20-7-4-14-2-3-17-15(10-14)5-9-21-17/h2-3,5,9-10,13,16,19H,4,6-8,11-12H2,1H3/t13-,16-/m1/s1. The molecule has 1 aliphatic rings. The van der Waals surface area contributed by atoms with Gasteiger partial charge in [0.2, 0.25) is 0 Å². The van der Waals surface area contributed by atoms with Crippen LogP contribution < -0.4 is 0 Å². The first-order valence-electron chi connectivity index (χ1n) is 7.66. The minimum absolute atomic E-state index is 0.165. The third kappa shape index (κ3) is 3.83. The van der Waals surface area contributed by atoms with E-state index in [2.05, 4.69) is 41.5 Å². The number of hydrogen-bond donors (Lipinski definition) is 1. The van der Waals surface area contributed by atoms with Crippen LogP contribution in [0.15, 0.2) is 29.6 Å². The Morgan fingerprint density at radius 3 is 3.00 bits per heavy atom. The molecule has 21 heavy (non-hydrogen) atoms. The summed E-state index contributed by atoms with van der Waals surface area (Å²) in [6.07, 6.45) is 0.799. The van der Waals surface area contributed by atoms with E-state index in [0.29, 0.717) is 5.92 Å². The minimum atomic E-state index is -0.165. The highest BCUT2D eigenvalue weighted by Crippen LogP contribution is 2.22. The molecular weight excluding hydrogens is 282 g/mol. The number of thiophene rings is 1. The molecule has 0 amide bonds. The van der Waals surface area contributed by atoms with Gasteiger partial charge in [-0.05, 0) is 40.8 Å².